The number of carbonyl (C=O) groups is 1. The summed E-state index contributed by atoms with van der Waals surface area (Å²) in [5.41, 5.74) is 1.64. The van der Waals surface area contributed by atoms with E-state index in [4.69, 9.17) is 4.74 Å². The zero-order valence-corrected chi connectivity index (χ0v) is 12.3. The molecule has 3 N–H and O–H groups in total. The lowest BCUT2D eigenvalue weighted by molar-refractivity contribution is 0.102. The quantitative estimate of drug-likeness (QED) is 0.686. The number of hydrogen-bond donors (Lipinski definition) is 3. The van der Waals surface area contributed by atoms with Gasteiger partial charge in [0, 0.05) is 23.9 Å². The SMILES string of the molecule is COc1ccccc1-c1cc(NC(=O)c2ccc(=O)[nH]c2)n[nH]1. The lowest BCUT2D eigenvalue weighted by atomic mass is 10.1. The molecule has 1 aromatic carbocycles. The summed E-state index contributed by atoms with van der Waals surface area (Å²) in [6, 6.07) is 11.9. The van der Waals surface area contributed by atoms with Crippen molar-refractivity contribution in [2.24, 2.45) is 0 Å². The zero-order valence-electron chi connectivity index (χ0n) is 12.3. The molecule has 2 heterocycles. The van der Waals surface area contributed by atoms with Gasteiger partial charge in [-0.05, 0) is 18.2 Å². The third kappa shape index (κ3) is 3.13. The number of aromatic amines is 2. The van der Waals surface area contributed by atoms with Gasteiger partial charge in [0.15, 0.2) is 5.82 Å². The number of aromatic nitrogens is 3. The topological polar surface area (TPSA) is 99.9 Å². The number of hydrogen-bond acceptors (Lipinski definition) is 4. The van der Waals surface area contributed by atoms with E-state index in [0.29, 0.717) is 17.1 Å². The van der Waals surface area contributed by atoms with E-state index in [1.165, 1.54) is 18.3 Å². The molecule has 2 aromatic heterocycles. The van der Waals surface area contributed by atoms with Crippen LogP contribution in [0.25, 0.3) is 11.3 Å². The van der Waals surface area contributed by atoms with Crippen LogP contribution in [-0.2, 0) is 0 Å². The van der Waals surface area contributed by atoms with Crippen LogP contribution in [0.5, 0.6) is 5.75 Å². The van der Waals surface area contributed by atoms with Gasteiger partial charge in [0.1, 0.15) is 5.75 Å². The average Bonchev–Trinajstić information content (AvgIpc) is 3.03. The van der Waals surface area contributed by atoms with Crippen LogP contribution >= 0.6 is 0 Å². The van der Waals surface area contributed by atoms with Gasteiger partial charge in [-0.15, -0.1) is 0 Å². The number of anilines is 1. The van der Waals surface area contributed by atoms with Crippen LogP contribution < -0.4 is 15.6 Å². The fourth-order valence-electron chi connectivity index (χ4n) is 2.13. The van der Waals surface area contributed by atoms with E-state index in [1.54, 1.807) is 13.2 Å². The molecule has 23 heavy (non-hydrogen) atoms. The minimum atomic E-state index is -0.362. The third-order valence-electron chi connectivity index (χ3n) is 3.26. The third-order valence-corrected chi connectivity index (χ3v) is 3.26. The van der Waals surface area contributed by atoms with Crippen molar-refractivity contribution in [1.82, 2.24) is 15.2 Å². The fraction of sp³-hybridized carbons (Fsp3) is 0.0625. The van der Waals surface area contributed by atoms with E-state index < -0.39 is 0 Å². The van der Waals surface area contributed by atoms with Crippen molar-refractivity contribution >= 4 is 11.7 Å². The molecule has 0 bridgehead atoms. The molecule has 7 nitrogen and oxygen atoms in total. The van der Waals surface area contributed by atoms with Gasteiger partial charge in [0.2, 0.25) is 5.56 Å². The first-order valence-corrected chi connectivity index (χ1v) is 6.86. The normalized spacial score (nSPS) is 10.3. The second-order valence-corrected chi connectivity index (χ2v) is 4.76. The zero-order chi connectivity index (χ0) is 16.2. The summed E-state index contributed by atoms with van der Waals surface area (Å²) in [5.74, 6) is 0.719. The Labute approximate surface area is 131 Å². The minimum absolute atomic E-state index is 0.264. The maximum Gasteiger partial charge on any atom is 0.258 e. The van der Waals surface area contributed by atoms with Crippen molar-refractivity contribution in [3.8, 4) is 17.0 Å². The molecule has 1 amide bonds. The van der Waals surface area contributed by atoms with E-state index >= 15 is 0 Å². The number of rotatable bonds is 4. The van der Waals surface area contributed by atoms with Crippen LogP contribution in [0.4, 0.5) is 5.82 Å². The lowest BCUT2D eigenvalue weighted by Gasteiger charge is -2.05. The van der Waals surface area contributed by atoms with Crippen LogP contribution in [0.2, 0.25) is 0 Å². The molecule has 3 aromatic rings. The Kier molecular flexibility index (Phi) is 3.92. The van der Waals surface area contributed by atoms with Crippen LogP contribution in [-0.4, -0.2) is 28.2 Å². The predicted octanol–water partition coefficient (Wildman–Crippen LogP) is 2.03. The monoisotopic (exact) mass is 310 g/mol. The maximum atomic E-state index is 12.1. The Balaban J connectivity index is 1.81. The van der Waals surface area contributed by atoms with Crippen molar-refractivity contribution in [2.45, 2.75) is 0 Å². The highest BCUT2D eigenvalue weighted by Gasteiger charge is 2.11. The maximum absolute atomic E-state index is 12.1. The first kappa shape index (κ1) is 14.6. The molecule has 116 valence electrons. The summed E-state index contributed by atoms with van der Waals surface area (Å²) < 4.78 is 5.30. The van der Waals surface area contributed by atoms with E-state index in [0.717, 1.165) is 11.3 Å². The Bertz CT molecular complexity index is 878. The van der Waals surface area contributed by atoms with Crippen molar-refractivity contribution in [2.75, 3.05) is 12.4 Å². The summed E-state index contributed by atoms with van der Waals surface area (Å²) in [7, 11) is 1.59. The molecule has 0 atom stereocenters. The molecule has 0 unspecified atom stereocenters. The van der Waals surface area contributed by atoms with E-state index in [9.17, 15) is 9.59 Å². The number of nitrogens with zero attached hydrogens (tertiary/aromatic N) is 1. The Hall–Kier alpha value is -3.35. The summed E-state index contributed by atoms with van der Waals surface area (Å²) in [6.45, 7) is 0. The first-order valence-electron chi connectivity index (χ1n) is 6.86. The van der Waals surface area contributed by atoms with Gasteiger partial charge in [-0.2, -0.15) is 5.10 Å². The highest BCUT2D eigenvalue weighted by molar-refractivity contribution is 6.03. The molecule has 0 fully saturated rings. The minimum Gasteiger partial charge on any atom is -0.496 e. The number of methoxy groups -OCH3 is 1. The van der Waals surface area contributed by atoms with Crippen LogP contribution in [0.15, 0.2) is 53.5 Å². The van der Waals surface area contributed by atoms with Gasteiger partial charge in [0.05, 0.1) is 18.4 Å². The van der Waals surface area contributed by atoms with E-state index in [-0.39, 0.29) is 11.5 Å². The number of benzene rings is 1. The Morgan fingerprint density at radius 3 is 2.78 bits per heavy atom. The summed E-state index contributed by atoms with van der Waals surface area (Å²) in [4.78, 5) is 25.5. The highest BCUT2D eigenvalue weighted by Crippen LogP contribution is 2.29. The molecule has 0 aliphatic heterocycles. The predicted molar refractivity (Wildman–Crippen MR) is 85.6 cm³/mol. The number of carbonyl (C=O) groups excluding carboxylic acids is 1. The van der Waals surface area contributed by atoms with E-state index in [1.807, 2.05) is 24.3 Å². The molecule has 0 spiro atoms. The average molecular weight is 310 g/mol. The summed E-state index contributed by atoms with van der Waals surface area (Å²) in [5, 5.41) is 9.59. The van der Waals surface area contributed by atoms with Gasteiger partial charge in [-0.1, -0.05) is 12.1 Å². The number of pyridine rings is 1. The summed E-state index contributed by atoms with van der Waals surface area (Å²) >= 11 is 0. The first-order chi connectivity index (χ1) is 11.2. The molecular weight excluding hydrogens is 296 g/mol. The molecular formula is C16H14N4O3. The second-order valence-electron chi connectivity index (χ2n) is 4.76. The number of H-pyrrole nitrogens is 2. The lowest BCUT2D eigenvalue weighted by Crippen LogP contribution is -2.14. The van der Waals surface area contributed by atoms with Gasteiger partial charge in [0.25, 0.3) is 5.91 Å². The molecule has 3 rings (SSSR count). The number of ether oxygens (including phenoxy) is 1. The van der Waals surface area contributed by atoms with Crippen LogP contribution in [0.1, 0.15) is 10.4 Å². The van der Waals surface area contributed by atoms with Crippen LogP contribution in [0.3, 0.4) is 0 Å². The fourth-order valence-corrected chi connectivity index (χ4v) is 2.13. The number of para-hydroxylation sites is 1. The van der Waals surface area contributed by atoms with Crippen molar-refractivity contribution in [3.05, 3.63) is 64.6 Å². The van der Waals surface area contributed by atoms with Crippen molar-refractivity contribution in [3.63, 3.8) is 0 Å². The molecule has 7 heteroatoms. The van der Waals surface area contributed by atoms with Gasteiger partial charge in [-0.3, -0.25) is 14.7 Å². The smallest absolute Gasteiger partial charge is 0.258 e. The van der Waals surface area contributed by atoms with Crippen molar-refractivity contribution < 1.29 is 9.53 Å². The van der Waals surface area contributed by atoms with Gasteiger partial charge in [-0.25, -0.2) is 0 Å². The molecule has 0 aliphatic carbocycles. The van der Waals surface area contributed by atoms with E-state index in [2.05, 4.69) is 20.5 Å². The Morgan fingerprint density at radius 2 is 2.04 bits per heavy atom. The second kappa shape index (κ2) is 6.18. The molecule has 0 saturated heterocycles. The molecule has 0 saturated carbocycles. The van der Waals surface area contributed by atoms with Crippen LogP contribution in [0, 0.1) is 0 Å². The largest absolute Gasteiger partial charge is 0.496 e. The number of amides is 1. The van der Waals surface area contributed by atoms with Gasteiger partial charge < -0.3 is 15.0 Å². The Morgan fingerprint density at radius 1 is 1.22 bits per heavy atom. The summed E-state index contributed by atoms with van der Waals surface area (Å²) in [6.07, 6.45) is 1.35. The highest BCUT2D eigenvalue weighted by atomic mass is 16.5. The molecule has 0 radical (unpaired) electrons. The molecule has 0 aliphatic rings. The number of nitrogens with one attached hydrogen (secondary N) is 3. The standard InChI is InChI=1S/C16H14N4O3/c1-23-13-5-3-2-4-11(13)12-8-14(20-19-12)18-16(22)10-6-7-15(21)17-9-10/h2-9H,1H3,(H,17,21)(H2,18,19,20,22). The van der Waals surface area contributed by atoms with Crippen molar-refractivity contribution in [1.29, 1.82) is 0 Å². The van der Waals surface area contributed by atoms with Gasteiger partial charge >= 0.3 is 0 Å².